The predicted molar refractivity (Wildman–Crippen MR) is 130 cm³/mol. The van der Waals surface area contributed by atoms with Gasteiger partial charge in [0, 0.05) is 43.0 Å². The van der Waals surface area contributed by atoms with Gasteiger partial charge in [0.05, 0.1) is 10.7 Å². The zero-order valence-electron chi connectivity index (χ0n) is 18.3. The number of rotatable bonds is 4. The third-order valence-corrected chi connectivity index (χ3v) is 6.07. The van der Waals surface area contributed by atoms with Gasteiger partial charge in [-0.3, -0.25) is 9.59 Å². The Bertz CT molecular complexity index is 1150. The molecule has 1 heterocycles. The van der Waals surface area contributed by atoms with Crippen molar-refractivity contribution in [1.82, 2.24) is 4.90 Å². The molecule has 2 amide bonds. The summed E-state index contributed by atoms with van der Waals surface area (Å²) in [6.45, 7) is 6.59. The molecule has 0 radical (unpaired) electrons. The highest BCUT2D eigenvalue weighted by Gasteiger charge is 2.24. The van der Waals surface area contributed by atoms with Crippen molar-refractivity contribution < 1.29 is 9.59 Å². The second-order valence-electron chi connectivity index (χ2n) is 8.08. The zero-order valence-corrected chi connectivity index (χ0v) is 19.0. The number of nitrogens with zero attached hydrogens (tertiary/aromatic N) is 2. The van der Waals surface area contributed by atoms with Crippen LogP contribution < -0.4 is 10.2 Å². The lowest BCUT2D eigenvalue weighted by molar-refractivity contribution is 0.0746. The summed E-state index contributed by atoms with van der Waals surface area (Å²) < 4.78 is 0. The second kappa shape index (κ2) is 9.45. The fourth-order valence-electron chi connectivity index (χ4n) is 3.96. The minimum Gasteiger partial charge on any atom is -0.367 e. The van der Waals surface area contributed by atoms with Crippen LogP contribution >= 0.6 is 11.6 Å². The molecule has 0 bridgehead atoms. The molecule has 1 aliphatic heterocycles. The van der Waals surface area contributed by atoms with Crippen molar-refractivity contribution in [2.45, 2.75) is 13.8 Å². The Morgan fingerprint density at radius 2 is 1.62 bits per heavy atom. The van der Waals surface area contributed by atoms with Gasteiger partial charge in [-0.1, -0.05) is 47.5 Å². The number of benzene rings is 3. The minimum atomic E-state index is -0.166. The van der Waals surface area contributed by atoms with Crippen LogP contribution in [0, 0.1) is 13.8 Å². The normalized spacial score (nSPS) is 13.7. The maximum Gasteiger partial charge on any atom is 0.255 e. The van der Waals surface area contributed by atoms with Crippen molar-refractivity contribution >= 4 is 34.8 Å². The van der Waals surface area contributed by atoms with Gasteiger partial charge in [0.1, 0.15) is 0 Å². The highest BCUT2D eigenvalue weighted by molar-refractivity contribution is 6.33. The Morgan fingerprint density at radius 1 is 0.875 bits per heavy atom. The van der Waals surface area contributed by atoms with E-state index in [0.29, 0.717) is 42.5 Å². The first-order valence-electron chi connectivity index (χ1n) is 10.7. The summed E-state index contributed by atoms with van der Waals surface area (Å²) in [6, 6.07) is 20.7. The maximum absolute atomic E-state index is 12.9. The van der Waals surface area contributed by atoms with Crippen LogP contribution in [0.5, 0.6) is 0 Å². The Labute approximate surface area is 193 Å². The van der Waals surface area contributed by atoms with Crippen LogP contribution in [0.15, 0.2) is 66.7 Å². The number of hydrogen-bond acceptors (Lipinski definition) is 3. The van der Waals surface area contributed by atoms with Gasteiger partial charge in [-0.25, -0.2) is 0 Å². The molecule has 1 saturated heterocycles. The molecule has 3 aromatic carbocycles. The van der Waals surface area contributed by atoms with Gasteiger partial charge in [0.25, 0.3) is 11.8 Å². The van der Waals surface area contributed by atoms with Gasteiger partial charge in [-0.05, 0) is 55.8 Å². The number of carbonyl (C=O) groups is 2. The van der Waals surface area contributed by atoms with Crippen molar-refractivity contribution in [2.24, 2.45) is 0 Å². The van der Waals surface area contributed by atoms with Crippen molar-refractivity contribution in [3.8, 4) is 0 Å². The van der Waals surface area contributed by atoms with Gasteiger partial charge in [-0.15, -0.1) is 0 Å². The monoisotopic (exact) mass is 447 g/mol. The zero-order chi connectivity index (χ0) is 22.7. The molecule has 0 saturated carbocycles. The summed E-state index contributed by atoms with van der Waals surface area (Å²) in [5.41, 5.74) is 4.95. The first kappa shape index (κ1) is 21.9. The number of anilines is 2. The fourth-order valence-corrected chi connectivity index (χ4v) is 4.26. The van der Waals surface area contributed by atoms with Gasteiger partial charge >= 0.3 is 0 Å². The molecule has 0 unspecified atom stereocenters. The summed E-state index contributed by atoms with van der Waals surface area (Å²) in [4.78, 5) is 29.4. The lowest BCUT2D eigenvalue weighted by atomic mass is 10.1. The van der Waals surface area contributed by atoms with E-state index in [0.717, 1.165) is 22.4 Å². The highest BCUT2D eigenvalue weighted by Crippen LogP contribution is 2.30. The average molecular weight is 448 g/mol. The molecule has 4 rings (SSSR count). The van der Waals surface area contributed by atoms with Crippen LogP contribution in [-0.4, -0.2) is 42.9 Å². The Kier molecular flexibility index (Phi) is 6.47. The third-order valence-electron chi connectivity index (χ3n) is 5.77. The van der Waals surface area contributed by atoms with Crippen LogP contribution in [0.2, 0.25) is 5.02 Å². The van der Waals surface area contributed by atoms with Crippen molar-refractivity contribution in [1.29, 1.82) is 0 Å². The number of nitrogens with one attached hydrogen (secondary N) is 1. The number of amides is 2. The SMILES string of the molecule is Cc1cccc(C(=O)Nc2ccc(N3CCN(C(=O)c4ccccc4C)CC3)c(Cl)c2)c1. The summed E-state index contributed by atoms with van der Waals surface area (Å²) in [5, 5.41) is 3.48. The molecule has 6 heteroatoms. The van der Waals surface area contributed by atoms with Crippen LogP contribution in [0.1, 0.15) is 31.8 Å². The van der Waals surface area contributed by atoms with Crippen LogP contribution in [0.4, 0.5) is 11.4 Å². The molecule has 0 aliphatic carbocycles. The molecule has 1 fully saturated rings. The van der Waals surface area contributed by atoms with Gasteiger partial charge in [-0.2, -0.15) is 0 Å². The van der Waals surface area contributed by atoms with Gasteiger partial charge in [0.15, 0.2) is 0 Å². The van der Waals surface area contributed by atoms with Crippen LogP contribution in [0.3, 0.4) is 0 Å². The summed E-state index contributed by atoms with van der Waals surface area (Å²) in [6.07, 6.45) is 0. The maximum atomic E-state index is 12.9. The largest absolute Gasteiger partial charge is 0.367 e. The van der Waals surface area contributed by atoms with Crippen molar-refractivity contribution in [3.63, 3.8) is 0 Å². The van der Waals surface area contributed by atoms with Crippen molar-refractivity contribution in [3.05, 3.63) is 94.0 Å². The summed E-state index contributed by atoms with van der Waals surface area (Å²) in [7, 11) is 0. The van der Waals surface area contributed by atoms with E-state index >= 15 is 0 Å². The topological polar surface area (TPSA) is 52.7 Å². The van der Waals surface area contributed by atoms with Crippen LogP contribution in [0.25, 0.3) is 0 Å². The molecular weight excluding hydrogens is 422 g/mol. The number of halogens is 1. The van der Waals surface area contributed by atoms with E-state index in [1.165, 1.54) is 0 Å². The van der Waals surface area contributed by atoms with E-state index in [2.05, 4.69) is 10.2 Å². The highest BCUT2D eigenvalue weighted by atomic mass is 35.5. The van der Waals surface area contributed by atoms with Gasteiger partial charge < -0.3 is 15.1 Å². The first-order valence-corrected chi connectivity index (χ1v) is 11.1. The predicted octanol–water partition coefficient (Wildman–Crippen LogP) is 5.17. The Morgan fingerprint density at radius 3 is 2.31 bits per heavy atom. The van der Waals surface area contributed by atoms with Gasteiger partial charge in [0.2, 0.25) is 0 Å². The number of piperazine rings is 1. The van der Waals surface area contributed by atoms with E-state index < -0.39 is 0 Å². The minimum absolute atomic E-state index is 0.0723. The fraction of sp³-hybridized carbons (Fsp3) is 0.231. The van der Waals surface area contributed by atoms with E-state index in [1.54, 1.807) is 12.1 Å². The quantitative estimate of drug-likeness (QED) is 0.600. The smallest absolute Gasteiger partial charge is 0.255 e. The third kappa shape index (κ3) is 4.78. The van der Waals surface area contributed by atoms with E-state index in [9.17, 15) is 9.59 Å². The Hall–Kier alpha value is -3.31. The van der Waals surface area contributed by atoms with E-state index in [4.69, 9.17) is 11.6 Å². The average Bonchev–Trinajstić information content (AvgIpc) is 2.79. The first-order chi connectivity index (χ1) is 15.4. The molecular formula is C26H26ClN3O2. The molecule has 0 atom stereocenters. The molecule has 0 aromatic heterocycles. The Balaban J connectivity index is 1.39. The van der Waals surface area contributed by atoms with E-state index in [1.807, 2.05) is 73.3 Å². The standard InChI is InChI=1S/C26H26ClN3O2/c1-18-6-5-8-20(16-18)25(31)28-21-10-11-24(23(27)17-21)29-12-14-30(15-13-29)26(32)22-9-4-3-7-19(22)2/h3-11,16-17H,12-15H2,1-2H3,(H,28,31). The lowest BCUT2D eigenvalue weighted by Crippen LogP contribution is -2.49. The molecule has 1 aliphatic rings. The second-order valence-corrected chi connectivity index (χ2v) is 8.49. The molecule has 1 N–H and O–H groups in total. The summed E-state index contributed by atoms with van der Waals surface area (Å²) in [5.74, 6) is -0.0936. The number of hydrogen-bond donors (Lipinski definition) is 1. The van der Waals surface area contributed by atoms with E-state index in [-0.39, 0.29) is 11.8 Å². The van der Waals surface area contributed by atoms with Crippen molar-refractivity contribution in [2.75, 3.05) is 36.4 Å². The summed E-state index contributed by atoms with van der Waals surface area (Å²) >= 11 is 6.56. The molecule has 164 valence electrons. The number of carbonyl (C=O) groups excluding carboxylic acids is 2. The molecule has 5 nitrogen and oxygen atoms in total. The molecule has 3 aromatic rings. The van der Waals surface area contributed by atoms with Crippen LogP contribution in [-0.2, 0) is 0 Å². The number of aryl methyl sites for hydroxylation is 2. The lowest BCUT2D eigenvalue weighted by Gasteiger charge is -2.36. The molecule has 32 heavy (non-hydrogen) atoms. The molecule has 0 spiro atoms.